The molecule has 2 heteroatoms. The fraction of sp³-hybridized carbons (Fsp3) is 0.900. The van der Waals surface area contributed by atoms with Crippen LogP contribution in [0.5, 0.6) is 0 Å². The Kier molecular flexibility index (Phi) is 23.1. The third kappa shape index (κ3) is 22.3. The second-order valence-electron chi connectivity index (χ2n) is 6.73. The van der Waals surface area contributed by atoms with Gasteiger partial charge in [-0.3, -0.25) is 0 Å². The number of nitrogens with one attached hydrogen (secondary N) is 1. The van der Waals surface area contributed by atoms with Crippen molar-refractivity contribution in [2.24, 2.45) is 0 Å². The molecule has 0 aromatic heterocycles. The summed E-state index contributed by atoms with van der Waals surface area (Å²) in [5.41, 5.74) is 1.24. The maximum Gasteiger partial charge on any atom is 0.0159 e. The normalized spacial score (nSPS) is 10.5. The zero-order chi connectivity index (χ0) is 15.6. The van der Waals surface area contributed by atoms with Gasteiger partial charge in [-0.05, 0) is 19.9 Å². The SMILES string of the molecule is C=C(C)CNCCCCCCCCCCCCCCCC.Cl. The molecule has 0 aliphatic rings. The Labute approximate surface area is 147 Å². The minimum atomic E-state index is 0. The van der Waals surface area contributed by atoms with E-state index in [1.807, 2.05) is 0 Å². The van der Waals surface area contributed by atoms with E-state index in [1.54, 1.807) is 0 Å². The van der Waals surface area contributed by atoms with Crippen molar-refractivity contribution >= 4 is 12.4 Å². The first-order valence-electron chi connectivity index (χ1n) is 9.62. The molecule has 0 aromatic carbocycles. The molecule has 0 aromatic rings. The molecule has 0 rings (SSSR count). The smallest absolute Gasteiger partial charge is 0.0159 e. The van der Waals surface area contributed by atoms with Gasteiger partial charge in [0.2, 0.25) is 0 Å². The number of hydrogen-bond donors (Lipinski definition) is 1. The summed E-state index contributed by atoms with van der Waals surface area (Å²) in [6.07, 6.45) is 20.1. The van der Waals surface area contributed by atoms with E-state index in [2.05, 4.69) is 25.7 Å². The van der Waals surface area contributed by atoms with Crippen LogP contribution in [0.4, 0.5) is 0 Å². The summed E-state index contributed by atoms with van der Waals surface area (Å²) >= 11 is 0. The molecule has 134 valence electrons. The Hall–Kier alpha value is -0.0100. The van der Waals surface area contributed by atoms with E-state index in [0.29, 0.717) is 0 Å². The predicted molar refractivity (Wildman–Crippen MR) is 105 cm³/mol. The molecule has 0 aliphatic carbocycles. The lowest BCUT2D eigenvalue weighted by atomic mass is 10.0. The molecule has 0 saturated heterocycles. The van der Waals surface area contributed by atoms with Crippen molar-refractivity contribution in [3.63, 3.8) is 0 Å². The van der Waals surface area contributed by atoms with E-state index in [4.69, 9.17) is 0 Å². The zero-order valence-electron chi connectivity index (χ0n) is 15.4. The van der Waals surface area contributed by atoms with Crippen LogP contribution in [0.3, 0.4) is 0 Å². The van der Waals surface area contributed by atoms with Gasteiger partial charge in [0.1, 0.15) is 0 Å². The van der Waals surface area contributed by atoms with Gasteiger partial charge in [0.15, 0.2) is 0 Å². The summed E-state index contributed by atoms with van der Waals surface area (Å²) in [5, 5.41) is 3.43. The minimum absolute atomic E-state index is 0. The number of hydrogen-bond acceptors (Lipinski definition) is 1. The molecule has 1 nitrogen and oxygen atoms in total. The van der Waals surface area contributed by atoms with E-state index in [-0.39, 0.29) is 12.4 Å². The van der Waals surface area contributed by atoms with Gasteiger partial charge in [-0.1, -0.05) is 103 Å². The van der Waals surface area contributed by atoms with E-state index in [9.17, 15) is 0 Å². The van der Waals surface area contributed by atoms with Crippen LogP contribution in [0, 0.1) is 0 Å². The van der Waals surface area contributed by atoms with Gasteiger partial charge in [0.05, 0.1) is 0 Å². The van der Waals surface area contributed by atoms with Gasteiger partial charge in [-0.2, -0.15) is 0 Å². The van der Waals surface area contributed by atoms with Crippen molar-refractivity contribution in [3.8, 4) is 0 Å². The third-order valence-electron chi connectivity index (χ3n) is 4.13. The van der Waals surface area contributed by atoms with Gasteiger partial charge < -0.3 is 5.32 Å². The van der Waals surface area contributed by atoms with Gasteiger partial charge in [-0.15, -0.1) is 12.4 Å². The molecule has 0 unspecified atom stereocenters. The molecule has 0 atom stereocenters. The van der Waals surface area contributed by atoms with Crippen molar-refractivity contribution in [1.29, 1.82) is 0 Å². The maximum absolute atomic E-state index is 3.90. The molecular formula is C20H42ClN. The summed E-state index contributed by atoms with van der Waals surface area (Å²) < 4.78 is 0. The van der Waals surface area contributed by atoms with E-state index in [1.165, 1.54) is 95.5 Å². The van der Waals surface area contributed by atoms with Crippen LogP contribution in [0.15, 0.2) is 12.2 Å². The summed E-state index contributed by atoms with van der Waals surface area (Å²) in [4.78, 5) is 0. The molecule has 0 saturated carbocycles. The third-order valence-corrected chi connectivity index (χ3v) is 4.13. The summed E-state index contributed by atoms with van der Waals surface area (Å²) in [6, 6.07) is 0. The largest absolute Gasteiger partial charge is 0.313 e. The molecule has 0 spiro atoms. The van der Waals surface area contributed by atoms with E-state index >= 15 is 0 Å². The van der Waals surface area contributed by atoms with Crippen LogP contribution in [0.25, 0.3) is 0 Å². The Morgan fingerprint density at radius 2 is 1.05 bits per heavy atom. The molecular weight excluding hydrogens is 290 g/mol. The van der Waals surface area contributed by atoms with Crippen molar-refractivity contribution in [2.75, 3.05) is 13.1 Å². The quantitative estimate of drug-likeness (QED) is 0.222. The molecule has 0 heterocycles. The maximum atomic E-state index is 3.90. The summed E-state index contributed by atoms with van der Waals surface area (Å²) in [5.74, 6) is 0. The summed E-state index contributed by atoms with van der Waals surface area (Å²) in [7, 11) is 0. The second kappa shape index (κ2) is 21.0. The molecule has 22 heavy (non-hydrogen) atoms. The number of rotatable bonds is 17. The van der Waals surface area contributed by atoms with Crippen LogP contribution in [0.2, 0.25) is 0 Å². The lowest BCUT2D eigenvalue weighted by Crippen LogP contribution is -2.16. The average Bonchev–Trinajstić information content (AvgIpc) is 2.46. The van der Waals surface area contributed by atoms with Crippen LogP contribution < -0.4 is 5.32 Å². The van der Waals surface area contributed by atoms with Gasteiger partial charge in [0, 0.05) is 6.54 Å². The fourth-order valence-electron chi connectivity index (χ4n) is 2.75. The lowest BCUT2D eigenvalue weighted by molar-refractivity contribution is 0.531. The Morgan fingerprint density at radius 3 is 1.41 bits per heavy atom. The Morgan fingerprint density at radius 1 is 0.682 bits per heavy atom. The molecule has 0 aliphatic heterocycles. The Bertz CT molecular complexity index is 216. The second-order valence-corrected chi connectivity index (χ2v) is 6.73. The van der Waals surface area contributed by atoms with E-state index in [0.717, 1.165) is 13.1 Å². The van der Waals surface area contributed by atoms with E-state index < -0.39 is 0 Å². The zero-order valence-corrected chi connectivity index (χ0v) is 16.2. The van der Waals surface area contributed by atoms with Crippen molar-refractivity contribution in [1.82, 2.24) is 5.32 Å². The number of halogens is 1. The average molecular weight is 332 g/mol. The minimum Gasteiger partial charge on any atom is -0.313 e. The van der Waals surface area contributed by atoms with Gasteiger partial charge in [0.25, 0.3) is 0 Å². The van der Waals surface area contributed by atoms with Gasteiger partial charge >= 0.3 is 0 Å². The summed E-state index contributed by atoms with van der Waals surface area (Å²) in [6.45, 7) is 10.4. The highest BCUT2D eigenvalue weighted by atomic mass is 35.5. The lowest BCUT2D eigenvalue weighted by Gasteiger charge is -2.05. The fourth-order valence-corrected chi connectivity index (χ4v) is 2.75. The molecule has 0 amide bonds. The molecule has 0 fully saturated rings. The van der Waals surface area contributed by atoms with Crippen LogP contribution >= 0.6 is 12.4 Å². The highest BCUT2D eigenvalue weighted by Gasteiger charge is 1.94. The molecule has 0 bridgehead atoms. The van der Waals surface area contributed by atoms with Crippen LogP contribution in [0.1, 0.15) is 104 Å². The standard InChI is InChI=1S/C20H41N.ClH/c1-4-5-6-7-8-9-10-11-12-13-14-15-16-17-18-21-19-20(2)3;/h21H,2,4-19H2,1,3H3;1H. The monoisotopic (exact) mass is 331 g/mol. The predicted octanol–water partition coefficient (Wildman–Crippen LogP) is 7.06. The highest BCUT2D eigenvalue weighted by molar-refractivity contribution is 5.85. The first kappa shape index (κ1) is 24.2. The first-order valence-corrected chi connectivity index (χ1v) is 9.62. The topological polar surface area (TPSA) is 12.0 Å². The van der Waals surface area contributed by atoms with Crippen molar-refractivity contribution < 1.29 is 0 Å². The highest BCUT2D eigenvalue weighted by Crippen LogP contribution is 2.12. The molecule has 0 radical (unpaired) electrons. The Balaban J connectivity index is 0. The van der Waals surface area contributed by atoms with Crippen molar-refractivity contribution in [3.05, 3.63) is 12.2 Å². The first-order chi connectivity index (χ1) is 10.3. The van der Waals surface area contributed by atoms with Crippen molar-refractivity contribution in [2.45, 2.75) is 104 Å². The van der Waals surface area contributed by atoms with Gasteiger partial charge in [-0.25, -0.2) is 0 Å². The van der Waals surface area contributed by atoms with Crippen LogP contribution in [-0.2, 0) is 0 Å². The van der Waals surface area contributed by atoms with Crippen LogP contribution in [-0.4, -0.2) is 13.1 Å². The number of unbranched alkanes of at least 4 members (excludes halogenated alkanes) is 13. The molecule has 1 N–H and O–H groups in total.